The van der Waals surface area contributed by atoms with E-state index in [0.29, 0.717) is 0 Å². The molecule has 1 heteroatoms. The SMILES string of the molecule is C=Cc1ccc(N(C/C=C\C(=C/C)c2ccc(C)cc2)c2cccc(C)c2)cc1. The van der Waals surface area contributed by atoms with Crippen molar-refractivity contribution in [2.24, 2.45) is 0 Å². The van der Waals surface area contributed by atoms with Crippen molar-refractivity contribution in [1.82, 2.24) is 0 Å². The molecule has 0 saturated carbocycles. The van der Waals surface area contributed by atoms with Gasteiger partial charge in [0.15, 0.2) is 0 Å². The number of aryl methyl sites for hydroxylation is 2. The number of rotatable bonds is 7. The predicted molar refractivity (Wildman–Crippen MR) is 129 cm³/mol. The number of hydrogen-bond donors (Lipinski definition) is 0. The fourth-order valence-electron chi connectivity index (χ4n) is 3.34. The molecule has 0 spiro atoms. The fourth-order valence-corrected chi connectivity index (χ4v) is 3.34. The Balaban J connectivity index is 1.87. The highest BCUT2D eigenvalue weighted by Crippen LogP contribution is 2.27. The molecule has 0 atom stereocenters. The van der Waals surface area contributed by atoms with E-state index in [2.05, 4.69) is 123 Å². The molecule has 0 aliphatic carbocycles. The maximum atomic E-state index is 3.86. The number of benzene rings is 3. The first-order valence-electron chi connectivity index (χ1n) is 10.1. The van der Waals surface area contributed by atoms with Crippen molar-refractivity contribution < 1.29 is 0 Å². The third kappa shape index (κ3) is 5.36. The maximum Gasteiger partial charge on any atom is 0.0416 e. The van der Waals surface area contributed by atoms with Crippen molar-refractivity contribution in [1.29, 1.82) is 0 Å². The minimum absolute atomic E-state index is 0.792. The zero-order valence-electron chi connectivity index (χ0n) is 17.6. The highest BCUT2D eigenvalue weighted by Gasteiger charge is 2.08. The lowest BCUT2D eigenvalue weighted by molar-refractivity contribution is 1.09. The van der Waals surface area contributed by atoms with Crippen molar-refractivity contribution >= 4 is 23.0 Å². The predicted octanol–water partition coefficient (Wildman–Crippen LogP) is 7.74. The number of nitrogens with zero attached hydrogens (tertiary/aromatic N) is 1. The summed E-state index contributed by atoms with van der Waals surface area (Å²) >= 11 is 0. The Labute approximate surface area is 175 Å². The average Bonchev–Trinajstić information content (AvgIpc) is 2.75. The lowest BCUT2D eigenvalue weighted by Crippen LogP contribution is -2.17. The molecule has 0 saturated heterocycles. The summed E-state index contributed by atoms with van der Waals surface area (Å²) in [7, 11) is 0. The third-order valence-corrected chi connectivity index (χ3v) is 5.04. The molecule has 0 aromatic heterocycles. The second-order valence-corrected chi connectivity index (χ2v) is 7.26. The third-order valence-electron chi connectivity index (χ3n) is 5.04. The van der Waals surface area contributed by atoms with E-state index in [1.54, 1.807) is 0 Å². The monoisotopic (exact) mass is 379 g/mol. The molecular weight excluding hydrogens is 350 g/mol. The summed E-state index contributed by atoms with van der Waals surface area (Å²) < 4.78 is 0. The number of anilines is 2. The van der Waals surface area contributed by atoms with Crippen LogP contribution in [0.3, 0.4) is 0 Å². The molecule has 3 aromatic rings. The van der Waals surface area contributed by atoms with E-state index in [1.807, 2.05) is 6.08 Å². The van der Waals surface area contributed by atoms with E-state index >= 15 is 0 Å². The molecule has 0 bridgehead atoms. The quantitative estimate of drug-likeness (QED) is 0.379. The first kappa shape index (κ1) is 20.4. The first-order valence-corrected chi connectivity index (χ1v) is 10.1. The number of allylic oxidation sites excluding steroid dienone is 3. The molecule has 0 radical (unpaired) electrons. The molecule has 0 N–H and O–H groups in total. The maximum absolute atomic E-state index is 3.86. The van der Waals surface area contributed by atoms with Crippen LogP contribution in [0.4, 0.5) is 11.4 Å². The van der Waals surface area contributed by atoms with Crippen LogP contribution in [0.1, 0.15) is 29.2 Å². The molecule has 0 aliphatic rings. The normalized spacial score (nSPS) is 11.6. The standard InChI is InChI=1S/C28H29N/c1-5-24-14-18-27(19-15-24)29(28-11-7-9-23(4)21-28)20-8-10-25(6-2)26-16-12-22(3)13-17-26/h5-19,21H,1,20H2,2-4H3/b10-8-,25-6+. The molecule has 0 heterocycles. The van der Waals surface area contributed by atoms with E-state index in [0.717, 1.165) is 12.1 Å². The van der Waals surface area contributed by atoms with Gasteiger partial charge in [0.25, 0.3) is 0 Å². The second-order valence-electron chi connectivity index (χ2n) is 7.26. The van der Waals surface area contributed by atoms with Crippen LogP contribution >= 0.6 is 0 Å². The molecule has 3 aromatic carbocycles. The van der Waals surface area contributed by atoms with E-state index in [1.165, 1.54) is 33.6 Å². The van der Waals surface area contributed by atoms with Gasteiger partial charge < -0.3 is 4.90 Å². The van der Waals surface area contributed by atoms with E-state index in [-0.39, 0.29) is 0 Å². The smallest absolute Gasteiger partial charge is 0.0416 e. The van der Waals surface area contributed by atoms with Gasteiger partial charge >= 0.3 is 0 Å². The zero-order valence-corrected chi connectivity index (χ0v) is 17.6. The average molecular weight is 380 g/mol. The van der Waals surface area contributed by atoms with Gasteiger partial charge in [-0.2, -0.15) is 0 Å². The summed E-state index contributed by atoms with van der Waals surface area (Å²) in [6.07, 6.45) is 8.49. The molecule has 0 unspecified atom stereocenters. The minimum atomic E-state index is 0.792. The largest absolute Gasteiger partial charge is 0.338 e. The van der Waals surface area contributed by atoms with Crippen LogP contribution in [0, 0.1) is 13.8 Å². The summed E-state index contributed by atoms with van der Waals surface area (Å²) in [4.78, 5) is 2.33. The lowest BCUT2D eigenvalue weighted by Gasteiger charge is -2.24. The van der Waals surface area contributed by atoms with Crippen LogP contribution in [0.2, 0.25) is 0 Å². The Morgan fingerprint density at radius 3 is 2.21 bits per heavy atom. The van der Waals surface area contributed by atoms with Gasteiger partial charge in [0, 0.05) is 17.9 Å². The van der Waals surface area contributed by atoms with Crippen molar-refractivity contribution in [3.05, 3.63) is 120 Å². The van der Waals surface area contributed by atoms with Crippen molar-refractivity contribution in [2.45, 2.75) is 20.8 Å². The van der Waals surface area contributed by atoms with Gasteiger partial charge in [0.2, 0.25) is 0 Å². The van der Waals surface area contributed by atoms with Gasteiger partial charge in [-0.1, -0.05) is 85.0 Å². The molecule has 0 amide bonds. The Morgan fingerprint density at radius 2 is 1.59 bits per heavy atom. The molecule has 0 aliphatic heterocycles. The van der Waals surface area contributed by atoms with Crippen LogP contribution in [-0.2, 0) is 0 Å². The van der Waals surface area contributed by atoms with E-state index in [4.69, 9.17) is 0 Å². The summed E-state index contributed by atoms with van der Waals surface area (Å²) in [5.74, 6) is 0. The van der Waals surface area contributed by atoms with Gasteiger partial charge in [-0.05, 0) is 67.3 Å². The Kier molecular flexibility index (Phi) is 6.86. The summed E-state index contributed by atoms with van der Waals surface area (Å²) in [6.45, 7) is 11.0. The fraction of sp³-hybridized carbons (Fsp3) is 0.143. The molecule has 0 fully saturated rings. The second kappa shape index (κ2) is 9.75. The molecule has 3 rings (SSSR count). The van der Waals surface area contributed by atoms with Gasteiger partial charge in [-0.3, -0.25) is 0 Å². The van der Waals surface area contributed by atoms with Gasteiger partial charge in [-0.15, -0.1) is 0 Å². The van der Waals surface area contributed by atoms with Crippen molar-refractivity contribution in [3.8, 4) is 0 Å². The Bertz CT molecular complexity index is 1000. The molecule has 146 valence electrons. The van der Waals surface area contributed by atoms with Crippen LogP contribution in [0.5, 0.6) is 0 Å². The molecule has 1 nitrogen and oxygen atoms in total. The van der Waals surface area contributed by atoms with Crippen molar-refractivity contribution in [3.63, 3.8) is 0 Å². The molecule has 29 heavy (non-hydrogen) atoms. The van der Waals surface area contributed by atoms with E-state index in [9.17, 15) is 0 Å². The topological polar surface area (TPSA) is 3.24 Å². The van der Waals surface area contributed by atoms with Crippen LogP contribution < -0.4 is 4.90 Å². The molecular formula is C28H29N. The zero-order chi connectivity index (χ0) is 20.6. The summed E-state index contributed by atoms with van der Waals surface area (Å²) in [5.41, 5.74) is 8.50. The Hall–Kier alpha value is -3.32. The first-order chi connectivity index (χ1) is 14.1. The van der Waals surface area contributed by atoms with Gasteiger partial charge in [0.05, 0.1) is 0 Å². The van der Waals surface area contributed by atoms with Crippen LogP contribution in [0.25, 0.3) is 11.6 Å². The van der Waals surface area contributed by atoms with E-state index < -0.39 is 0 Å². The highest BCUT2D eigenvalue weighted by molar-refractivity contribution is 5.74. The number of hydrogen-bond acceptors (Lipinski definition) is 1. The lowest BCUT2D eigenvalue weighted by atomic mass is 10.0. The minimum Gasteiger partial charge on any atom is -0.338 e. The Morgan fingerprint density at radius 1 is 0.862 bits per heavy atom. The summed E-state index contributed by atoms with van der Waals surface area (Å²) in [5, 5.41) is 0. The van der Waals surface area contributed by atoms with Crippen LogP contribution in [0.15, 0.2) is 97.6 Å². The van der Waals surface area contributed by atoms with Crippen molar-refractivity contribution in [2.75, 3.05) is 11.4 Å². The van der Waals surface area contributed by atoms with Crippen LogP contribution in [-0.4, -0.2) is 6.54 Å². The van der Waals surface area contributed by atoms with Gasteiger partial charge in [0.1, 0.15) is 0 Å². The highest BCUT2D eigenvalue weighted by atomic mass is 15.1. The van der Waals surface area contributed by atoms with Gasteiger partial charge in [-0.25, -0.2) is 0 Å². The summed E-state index contributed by atoms with van der Waals surface area (Å²) in [6, 6.07) is 25.9.